The van der Waals surface area contributed by atoms with Crippen molar-refractivity contribution in [2.75, 3.05) is 0 Å². The fourth-order valence-electron chi connectivity index (χ4n) is 3.58. The molecule has 0 radical (unpaired) electrons. The Morgan fingerprint density at radius 2 is 0.833 bits per heavy atom. The van der Waals surface area contributed by atoms with E-state index in [1.165, 1.54) is 19.3 Å². The second kappa shape index (κ2) is 10.7. The van der Waals surface area contributed by atoms with Crippen molar-refractivity contribution in [2.45, 2.75) is 77.0 Å². The summed E-state index contributed by atoms with van der Waals surface area (Å²) < 4.78 is 0. The molecular weight excluding hydrogens is 384 g/mol. The molecule has 0 spiro atoms. The number of hydroxylamine groups is 3. The summed E-state index contributed by atoms with van der Waals surface area (Å²) in [6.07, 6.45) is 19.4. The molecule has 0 fully saturated rings. The van der Waals surface area contributed by atoms with Gasteiger partial charge in [-0.15, -0.1) is 15.0 Å². The summed E-state index contributed by atoms with van der Waals surface area (Å²) in [7, 11) is 0. The molecule has 0 atom stereocenters. The van der Waals surface area contributed by atoms with Gasteiger partial charge in [-0.05, 0) is 77.0 Å². The summed E-state index contributed by atoms with van der Waals surface area (Å²) in [5, 5.41) is 0. The standard InChI is InChI=1S/C21H30N6O3/c1-4-10-16(11-5-1)25-28-19-22-20(29-26-17-12-6-2-7-13-17)24-21(23-19)30-27-18-14-8-3-9-15-18/h10,12,14,25-27H,1-9,11,13,15H2. The number of allylic oxidation sites excluding steroid dienone is 6. The molecule has 9 nitrogen and oxygen atoms in total. The van der Waals surface area contributed by atoms with Crippen molar-refractivity contribution in [3.63, 3.8) is 0 Å². The molecule has 30 heavy (non-hydrogen) atoms. The molecule has 3 N–H and O–H groups in total. The van der Waals surface area contributed by atoms with Crippen LogP contribution in [0.4, 0.5) is 0 Å². The van der Waals surface area contributed by atoms with Crippen molar-refractivity contribution in [3.05, 3.63) is 35.3 Å². The molecule has 3 aliphatic carbocycles. The SMILES string of the molecule is C1=C(NOc2nc(ONC3=CCCCC3)nc(ONC3=CCCCC3)n2)CCCC1. The minimum atomic E-state index is 0.0836. The van der Waals surface area contributed by atoms with Gasteiger partial charge >= 0.3 is 18.0 Å². The second-order valence-corrected chi connectivity index (χ2v) is 7.72. The van der Waals surface area contributed by atoms with Gasteiger partial charge in [-0.2, -0.15) is 0 Å². The van der Waals surface area contributed by atoms with Gasteiger partial charge in [0.25, 0.3) is 0 Å². The van der Waals surface area contributed by atoms with E-state index in [-0.39, 0.29) is 18.0 Å². The first-order valence-electron chi connectivity index (χ1n) is 11.0. The Bertz CT molecular complexity index is 691. The van der Waals surface area contributed by atoms with Crippen LogP contribution >= 0.6 is 0 Å². The average Bonchev–Trinajstić information content (AvgIpc) is 2.82. The zero-order valence-electron chi connectivity index (χ0n) is 17.3. The average molecular weight is 415 g/mol. The highest BCUT2D eigenvalue weighted by atomic mass is 16.7. The van der Waals surface area contributed by atoms with Gasteiger partial charge in [0, 0.05) is 17.1 Å². The van der Waals surface area contributed by atoms with Gasteiger partial charge in [0.05, 0.1) is 0 Å². The van der Waals surface area contributed by atoms with Gasteiger partial charge in [0.1, 0.15) is 0 Å². The highest BCUT2D eigenvalue weighted by molar-refractivity contribution is 5.11. The lowest BCUT2D eigenvalue weighted by molar-refractivity contribution is 0.154. The summed E-state index contributed by atoms with van der Waals surface area (Å²) in [5.41, 5.74) is 11.9. The molecule has 162 valence electrons. The third kappa shape index (κ3) is 6.27. The van der Waals surface area contributed by atoms with E-state index < -0.39 is 0 Å². The molecule has 0 aliphatic heterocycles. The van der Waals surface area contributed by atoms with Gasteiger partial charge in [-0.25, -0.2) is 16.4 Å². The lowest BCUT2D eigenvalue weighted by atomic mass is 10.1. The van der Waals surface area contributed by atoms with Crippen LogP contribution in [0.15, 0.2) is 35.3 Å². The van der Waals surface area contributed by atoms with Crippen LogP contribution in [0.2, 0.25) is 0 Å². The maximum absolute atomic E-state index is 5.59. The first-order valence-corrected chi connectivity index (χ1v) is 11.0. The zero-order chi connectivity index (χ0) is 20.4. The van der Waals surface area contributed by atoms with Crippen LogP contribution in [0, 0.1) is 0 Å². The van der Waals surface area contributed by atoms with Crippen LogP contribution in [0.3, 0.4) is 0 Å². The maximum atomic E-state index is 5.59. The van der Waals surface area contributed by atoms with E-state index in [0.29, 0.717) is 0 Å². The molecule has 0 amide bonds. The molecule has 0 saturated carbocycles. The molecular formula is C21H30N6O3. The topological polar surface area (TPSA) is 102 Å². The minimum absolute atomic E-state index is 0.0836. The number of rotatable bonds is 9. The second-order valence-electron chi connectivity index (χ2n) is 7.72. The van der Waals surface area contributed by atoms with Crippen molar-refractivity contribution < 1.29 is 14.5 Å². The Kier molecular flexibility index (Phi) is 7.25. The molecule has 1 aromatic rings. The number of hydrogen-bond acceptors (Lipinski definition) is 9. The van der Waals surface area contributed by atoms with Crippen LogP contribution in [0.1, 0.15) is 77.0 Å². The van der Waals surface area contributed by atoms with Crippen molar-refractivity contribution in [1.29, 1.82) is 0 Å². The lowest BCUT2D eigenvalue weighted by Gasteiger charge is -2.17. The highest BCUT2D eigenvalue weighted by Crippen LogP contribution is 2.20. The van der Waals surface area contributed by atoms with Gasteiger partial charge in [0.2, 0.25) is 0 Å². The Morgan fingerprint density at radius 1 is 0.500 bits per heavy atom. The number of aromatic nitrogens is 3. The largest absolute Gasteiger partial charge is 0.352 e. The van der Waals surface area contributed by atoms with E-state index >= 15 is 0 Å². The molecule has 0 bridgehead atoms. The smallest absolute Gasteiger partial charge is 0.340 e. The summed E-state index contributed by atoms with van der Waals surface area (Å²) in [5.74, 6) is 0. The van der Waals surface area contributed by atoms with Crippen molar-refractivity contribution in [2.24, 2.45) is 0 Å². The Labute approximate surface area is 176 Å². The van der Waals surface area contributed by atoms with Crippen LogP contribution in [0.5, 0.6) is 18.0 Å². The number of hydrogen-bond donors (Lipinski definition) is 3. The highest BCUT2D eigenvalue weighted by Gasteiger charge is 2.14. The number of nitrogens with one attached hydrogen (secondary N) is 3. The lowest BCUT2D eigenvalue weighted by Crippen LogP contribution is -2.25. The first kappa shape index (κ1) is 20.3. The van der Waals surface area contributed by atoms with Crippen molar-refractivity contribution in [1.82, 2.24) is 31.4 Å². The van der Waals surface area contributed by atoms with E-state index in [0.717, 1.165) is 74.9 Å². The molecule has 0 aromatic carbocycles. The molecule has 1 heterocycles. The van der Waals surface area contributed by atoms with Gasteiger partial charge in [0.15, 0.2) is 0 Å². The monoisotopic (exact) mass is 414 g/mol. The first-order chi connectivity index (χ1) is 14.8. The summed E-state index contributed by atoms with van der Waals surface area (Å²) >= 11 is 0. The van der Waals surface area contributed by atoms with Crippen LogP contribution in [-0.2, 0) is 0 Å². The zero-order valence-corrected chi connectivity index (χ0v) is 17.3. The quantitative estimate of drug-likeness (QED) is 0.519. The molecule has 0 saturated heterocycles. The fraction of sp³-hybridized carbons (Fsp3) is 0.571. The predicted molar refractivity (Wildman–Crippen MR) is 111 cm³/mol. The summed E-state index contributed by atoms with van der Waals surface area (Å²) in [6, 6.07) is 0.251. The third-order valence-electron chi connectivity index (χ3n) is 5.27. The molecule has 9 heteroatoms. The Morgan fingerprint density at radius 3 is 1.10 bits per heavy atom. The minimum Gasteiger partial charge on any atom is -0.340 e. The predicted octanol–water partition coefficient (Wildman–Crippen LogP) is 3.90. The van der Waals surface area contributed by atoms with E-state index in [2.05, 4.69) is 49.6 Å². The Balaban J connectivity index is 1.41. The van der Waals surface area contributed by atoms with Crippen molar-refractivity contribution >= 4 is 0 Å². The van der Waals surface area contributed by atoms with Crippen LogP contribution in [0.25, 0.3) is 0 Å². The maximum Gasteiger partial charge on any atom is 0.352 e. The molecule has 3 aliphatic rings. The van der Waals surface area contributed by atoms with Crippen LogP contribution in [-0.4, -0.2) is 15.0 Å². The molecule has 0 unspecified atom stereocenters. The van der Waals surface area contributed by atoms with Gasteiger partial charge in [-0.1, -0.05) is 18.2 Å². The van der Waals surface area contributed by atoms with Crippen LogP contribution < -0.4 is 31.0 Å². The normalized spacial score (nSPS) is 19.0. The molecule has 4 rings (SSSR count). The summed E-state index contributed by atoms with van der Waals surface area (Å²) in [4.78, 5) is 29.4. The summed E-state index contributed by atoms with van der Waals surface area (Å²) in [6.45, 7) is 0. The van der Waals surface area contributed by atoms with Gasteiger partial charge < -0.3 is 14.5 Å². The van der Waals surface area contributed by atoms with E-state index in [9.17, 15) is 0 Å². The van der Waals surface area contributed by atoms with Gasteiger partial charge in [-0.3, -0.25) is 0 Å². The van der Waals surface area contributed by atoms with E-state index in [1.54, 1.807) is 0 Å². The van der Waals surface area contributed by atoms with E-state index in [4.69, 9.17) is 14.5 Å². The third-order valence-corrected chi connectivity index (χ3v) is 5.27. The number of nitrogens with zero attached hydrogens (tertiary/aromatic N) is 3. The van der Waals surface area contributed by atoms with Crippen molar-refractivity contribution in [3.8, 4) is 18.0 Å². The molecule has 1 aromatic heterocycles. The Hall–Kier alpha value is -2.97. The van der Waals surface area contributed by atoms with E-state index in [1.807, 2.05) is 0 Å². The fourth-order valence-corrected chi connectivity index (χ4v) is 3.58.